The molecule has 1 amide bonds. The largest absolute Gasteiger partial charge is 0.479 e. The van der Waals surface area contributed by atoms with E-state index in [1.807, 2.05) is 20.9 Å². The predicted molar refractivity (Wildman–Crippen MR) is 81.3 cm³/mol. The molecule has 0 spiro atoms. The van der Waals surface area contributed by atoms with E-state index in [1.54, 1.807) is 35.0 Å². The first-order valence-electron chi connectivity index (χ1n) is 6.96. The number of aryl methyl sites for hydroxylation is 2. The number of carboxylic acids is 1. The molecule has 116 valence electrons. The van der Waals surface area contributed by atoms with Crippen LogP contribution in [0.1, 0.15) is 28.6 Å². The Balaban J connectivity index is 2.14. The van der Waals surface area contributed by atoms with E-state index >= 15 is 0 Å². The molecule has 0 aliphatic heterocycles. The first-order valence-corrected chi connectivity index (χ1v) is 6.96. The van der Waals surface area contributed by atoms with Gasteiger partial charge in [0.05, 0.1) is 12.1 Å². The first kappa shape index (κ1) is 15.8. The standard InChI is InChI=1S/C16H19N3O3/c1-10-13(11(2)19(3)18-10)9-14(20)17-15(16(21)22)12-7-5-4-6-8-12/h4-8,15H,9H2,1-3H3,(H,17,20)(H,21,22)/t15-/m1/s1. The number of aromatic nitrogens is 2. The summed E-state index contributed by atoms with van der Waals surface area (Å²) in [5.41, 5.74) is 3.06. The second kappa shape index (κ2) is 6.43. The van der Waals surface area contributed by atoms with E-state index in [1.165, 1.54) is 0 Å². The Hall–Kier alpha value is -2.63. The molecule has 0 aliphatic rings. The van der Waals surface area contributed by atoms with Crippen LogP contribution < -0.4 is 5.32 Å². The SMILES string of the molecule is Cc1nn(C)c(C)c1CC(=O)N[C@@H](C(=O)O)c1ccccc1. The van der Waals surface area contributed by atoms with Gasteiger partial charge in [0.2, 0.25) is 5.91 Å². The quantitative estimate of drug-likeness (QED) is 0.877. The van der Waals surface area contributed by atoms with Gasteiger partial charge in [-0.15, -0.1) is 0 Å². The topological polar surface area (TPSA) is 84.2 Å². The van der Waals surface area contributed by atoms with Crippen molar-refractivity contribution in [1.29, 1.82) is 0 Å². The number of nitrogens with one attached hydrogen (secondary N) is 1. The van der Waals surface area contributed by atoms with Gasteiger partial charge in [-0.25, -0.2) is 4.79 Å². The van der Waals surface area contributed by atoms with Crippen LogP contribution in [0.5, 0.6) is 0 Å². The number of nitrogens with zero attached hydrogens (tertiary/aromatic N) is 2. The van der Waals surface area contributed by atoms with Gasteiger partial charge in [0.25, 0.3) is 0 Å². The smallest absolute Gasteiger partial charge is 0.330 e. The average Bonchev–Trinajstić information content (AvgIpc) is 2.72. The molecule has 2 aromatic rings. The summed E-state index contributed by atoms with van der Waals surface area (Å²) in [6.45, 7) is 3.72. The molecule has 1 aromatic heterocycles. The summed E-state index contributed by atoms with van der Waals surface area (Å²) < 4.78 is 1.71. The molecule has 22 heavy (non-hydrogen) atoms. The average molecular weight is 301 g/mol. The van der Waals surface area contributed by atoms with Crippen molar-refractivity contribution in [3.8, 4) is 0 Å². The van der Waals surface area contributed by atoms with E-state index in [-0.39, 0.29) is 12.3 Å². The molecular formula is C16H19N3O3. The minimum absolute atomic E-state index is 0.113. The van der Waals surface area contributed by atoms with E-state index in [0.29, 0.717) is 5.56 Å². The molecular weight excluding hydrogens is 282 g/mol. The highest BCUT2D eigenvalue weighted by Gasteiger charge is 2.23. The summed E-state index contributed by atoms with van der Waals surface area (Å²) in [4.78, 5) is 23.6. The lowest BCUT2D eigenvalue weighted by Crippen LogP contribution is -2.34. The Bertz CT molecular complexity index is 692. The van der Waals surface area contributed by atoms with Gasteiger partial charge < -0.3 is 10.4 Å². The van der Waals surface area contributed by atoms with Crippen LogP contribution in [0.25, 0.3) is 0 Å². The molecule has 2 rings (SSSR count). The summed E-state index contributed by atoms with van der Waals surface area (Å²) in [7, 11) is 1.81. The number of amides is 1. The molecule has 0 fully saturated rings. The van der Waals surface area contributed by atoms with Gasteiger partial charge in [0, 0.05) is 18.3 Å². The van der Waals surface area contributed by atoms with Gasteiger partial charge in [-0.1, -0.05) is 30.3 Å². The third kappa shape index (κ3) is 3.33. The van der Waals surface area contributed by atoms with Crippen molar-refractivity contribution in [2.24, 2.45) is 7.05 Å². The number of hydrogen-bond donors (Lipinski definition) is 2. The molecule has 0 saturated heterocycles. The number of carbonyl (C=O) groups is 2. The van der Waals surface area contributed by atoms with Crippen LogP contribution in [-0.4, -0.2) is 26.8 Å². The minimum Gasteiger partial charge on any atom is -0.479 e. The monoisotopic (exact) mass is 301 g/mol. The van der Waals surface area contributed by atoms with Gasteiger partial charge in [0.15, 0.2) is 6.04 Å². The van der Waals surface area contributed by atoms with Crippen molar-refractivity contribution in [3.05, 3.63) is 52.8 Å². The molecule has 1 atom stereocenters. The Morgan fingerprint density at radius 2 is 1.91 bits per heavy atom. The molecule has 2 N–H and O–H groups in total. The van der Waals surface area contributed by atoms with Gasteiger partial charge in [-0.05, 0) is 19.4 Å². The van der Waals surface area contributed by atoms with Crippen molar-refractivity contribution in [2.75, 3.05) is 0 Å². The lowest BCUT2D eigenvalue weighted by atomic mass is 10.1. The van der Waals surface area contributed by atoms with Crippen molar-refractivity contribution in [2.45, 2.75) is 26.3 Å². The third-order valence-electron chi connectivity index (χ3n) is 3.68. The molecule has 6 heteroatoms. The zero-order valence-corrected chi connectivity index (χ0v) is 12.8. The number of aliphatic carboxylic acids is 1. The van der Waals surface area contributed by atoms with Crippen LogP contribution in [0.3, 0.4) is 0 Å². The predicted octanol–water partition coefficient (Wildman–Crippen LogP) is 1.52. The summed E-state index contributed by atoms with van der Waals surface area (Å²) in [5.74, 6) is -1.42. The third-order valence-corrected chi connectivity index (χ3v) is 3.68. The Labute approximate surface area is 128 Å². The zero-order valence-electron chi connectivity index (χ0n) is 12.8. The van der Waals surface area contributed by atoms with E-state index in [0.717, 1.165) is 17.0 Å². The van der Waals surface area contributed by atoms with Crippen molar-refractivity contribution in [3.63, 3.8) is 0 Å². The van der Waals surface area contributed by atoms with E-state index in [2.05, 4.69) is 10.4 Å². The fourth-order valence-corrected chi connectivity index (χ4v) is 2.38. The van der Waals surface area contributed by atoms with Gasteiger partial charge in [-0.2, -0.15) is 5.10 Å². The normalized spacial score (nSPS) is 12.0. The highest BCUT2D eigenvalue weighted by Crippen LogP contribution is 2.15. The lowest BCUT2D eigenvalue weighted by molar-refractivity contribution is -0.141. The van der Waals surface area contributed by atoms with Gasteiger partial charge >= 0.3 is 5.97 Å². The Kier molecular flexibility index (Phi) is 4.60. The Morgan fingerprint density at radius 1 is 1.27 bits per heavy atom. The van der Waals surface area contributed by atoms with E-state index in [4.69, 9.17) is 0 Å². The van der Waals surface area contributed by atoms with Gasteiger partial charge in [-0.3, -0.25) is 9.48 Å². The number of carboxylic acid groups (broad SMARTS) is 1. The highest BCUT2D eigenvalue weighted by atomic mass is 16.4. The van der Waals surface area contributed by atoms with Crippen LogP contribution in [0.2, 0.25) is 0 Å². The second-order valence-corrected chi connectivity index (χ2v) is 5.20. The van der Waals surface area contributed by atoms with Crippen LogP contribution >= 0.6 is 0 Å². The molecule has 0 aliphatic carbocycles. The summed E-state index contributed by atoms with van der Waals surface area (Å²) in [6, 6.07) is 7.59. The number of carbonyl (C=O) groups excluding carboxylic acids is 1. The molecule has 1 heterocycles. The first-order chi connectivity index (χ1) is 10.4. The number of benzene rings is 1. The zero-order chi connectivity index (χ0) is 16.3. The van der Waals surface area contributed by atoms with Crippen molar-refractivity contribution < 1.29 is 14.7 Å². The molecule has 6 nitrogen and oxygen atoms in total. The van der Waals surface area contributed by atoms with Crippen molar-refractivity contribution in [1.82, 2.24) is 15.1 Å². The van der Waals surface area contributed by atoms with Crippen LogP contribution in [0, 0.1) is 13.8 Å². The van der Waals surface area contributed by atoms with E-state index in [9.17, 15) is 14.7 Å². The van der Waals surface area contributed by atoms with Gasteiger partial charge in [0.1, 0.15) is 0 Å². The maximum atomic E-state index is 12.2. The van der Waals surface area contributed by atoms with E-state index < -0.39 is 12.0 Å². The molecule has 1 aromatic carbocycles. The molecule has 0 saturated carbocycles. The van der Waals surface area contributed by atoms with Crippen LogP contribution in [-0.2, 0) is 23.1 Å². The maximum Gasteiger partial charge on any atom is 0.330 e. The highest BCUT2D eigenvalue weighted by molar-refractivity contribution is 5.86. The fourth-order valence-electron chi connectivity index (χ4n) is 2.38. The second-order valence-electron chi connectivity index (χ2n) is 5.20. The van der Waals surface area contributed by atoms with Crippen LogP contribution in [0.15, 0.2) is 30.3 Å². The molecule has 0 unspecified atom stereocenters. The summed E-state index contributed by atoms with van der Waals surface area (Å²) in [5, 5.41) is 16.1. The fraction of sp³-hybridized carbons (Fsp3) is 0.312. The minimum atomic E-state index is -1.08. The number of hydrogen-bond acceptors (Lipinski definition) is 3. The molecule has 0 radical (unpaired) electrons. The lowest BCUT2D eigenvalue weighted by Gasteiger charge is -2.15. The summed E-state index contributed by atoms with van der Waals surface area (Å²) in [6.07, 6.45) is 0.113. The molecule has 0 bridgehead atoms. The number of rotatable bonds is 5. The van der Waals surface area contributed by atoms with Crippen molar-refractivity contribution >= 4 is 11.9 Å². The maximum absolute atomic E-state index is 12.2. The van der Waals surface area contributed by atoms with Crippen LogP contribution in [0.4, 0.5) is 0 Å². The Morgan fingerprint density at radius 3 is 2.41 bits per heavy atom. The summed E-state index contributed by atoms with van der Waals surface area (Å²) >= 11 is 0.